The van der Waals surface area contributed by atoms with Gasteiger partial charge < -0.3 is 23.0 Å². The van der Waals surface area contributed by atoms with E-state index in [4.69, 9.17) is 23.0 Å². The van der Waals surface area contributed by atoms with Gasteiger partial charge in [-0.2, -0.15) is 0 Å². The van der Waals surface area contributed by atoms with Crippen molar-refractivity contribution < 1.29 is 27.8 Å². The van der Waals surface area contributed by atoms with E-state index in [1.54, 1.807) is 26.2 Å². The van der Waals surface area contributed by atoms with Gasteiger partial charge >= 0.3 is 11.6 Å². The molecule has 0 fully saturated rings. The van der Waals surface area contributed by atoms with Crippen LogP contribution in [0.1, 0.15) is 20.3 Å². The Balaban J connectivity index is 1.62. The van der Waals surface area contributed by atoms with Crippen LogP contribution in [0, 0.1) is 0 Å². The van der Waals surface area contributed by atoms with E-state index < -0.39 is 5.63 Å². The number of carbonyl (C=O) groups excluding carboxylic acids is 1. The average molecular weight is 396 g/mol. The SMILES string of the molecule is COc1c2ccoc2c(OC/C=C(\C)C[C@@H]2C=C(C)C(=O)O2)c2oc(=O)ccc12. The maximum absolute atomic E-state index is 11.8. The Morgan fingerprint density at radius 3 is 2.66 bits per heavy atom. The first-order chi connectivity index (χ1) is 14.0. The van der Waals surface area contributed by atoms with Crippen LogP contribution in [-0.2, 0) is 9.53 Å². The summed E-state index contributed by atoms with van der Waals surface area (Å²) < 4.78 is 27.7. The van der Waals surface area contributed by atoms with E-state index in [0.29, 0.717) is 34.5 Å². The van der Waals surface area contributed by atoms with E-state index in [0.717, 1.165) is 11.0 Å². The highest BCUT2D eigenvalue weighted by molar-refractivity contribution is 6.06. The first-order valence-electron chi connectivity index (χ1n) is 9.16. The van der Waals surface area contributed by atoms with Crippen molar-refractivity contribution in [3.8, 4) is 11.5 Å². The minimum absolute atomic E-state index is 0.227. The van der Waals surface area contributed by atoms with E-state index >= 15 is 0 Å². The second-order valence-electron chi connectivity index (χ2n) is 6.88. The van der Waals surface area contributed by atoms with Gasteiger partial charge in [-0.1, -0.05) is 5.57 Å². The molecule has 3 heterocycles. The molecule has 0 radical (unpaired) electrons. The Bertz CT molecular complexity index is 1210. The quantitative estimate of drug-likeness (QED) is 0.352. The number of esters is 1. The number of benzene rings is 1. The van der Waals surface area contributed by atoms with Crippen molar-refractivity contribution in [2.24, 2.45) is 0 Å². The van der Waals surface area contributed by atoms with Crippen LogP contribution < -0.4 is 15.1 Å². The smallest absolute Gasteiger partial charge is 0.336 e. The van der Waals surface area contributed by atoms with Crippen molar-refractivity contribution in [2.45, 2.75) is 26.4 Å². The highest BCUT2D eigenvalue weighted by atomic mass is 16.5. The van der Waals surface area contributed by atoms with Crippen LogP contribution in [0.4, 0.5) is 0 Å². The number of furan rings is 1. The van der Waals surface area contributed by atoms with E-state index in [9.17, 15) is 9.59 Å². The zero-order valence-electron chi connectivity index (χ0n) is 16.3. The van der Waals surface area contributed by atoms with E-state index in [1.807, 2.05) is 19.1 Å². The van der Waals surface area contributed by atoms with Crippen LogP contribution in [0.2, 0.25) is 0 Å². The van der Waals surface area contributed by atoms with Gasteiger partial charge in [-0.3, -0.25) is 0 Å². The van der Waals surface area contributed by atoms with Gasteiger partial charge in [0.1, 0.15) is 18.5 Å². The molecule has 1 aliphatic rings. The average Bonchev–Trinajstić information content (AvgIpc) is 3.28. The number of cyclic esters (lactones) is 1. The Labute approximate surface area is 166 Å². The number of methoxy groups -OCH3 is 1. The first kappa shape index (κ1) is 18.9. The standard InChI is InChI=1S/C22H20O7/c1-12(10-14-11-13(2)22(24)28-14)6-8-27-21-19-16(7-9-26-19)18(25-3)15-4-5-17(23)29-20(15)21/h4-7,9,11,14H,8,10H2,1-3H3/b12-6+/t14-/m1/s1. The molecule has 2 aromatic heterocycles. The van der Waals surface area contributed by atoms with Crippen molar-refractivity contribution in [1.29, 1.82) is 0 Å². The third-order valence-electron chi connectivity index (χ3n) is 4.80. The van der Waals surface area contributed by atoms with Crippen molar-refractivity contribution in [1.82, 2.24) is 0 Å². The molecule has 7 nitrogen and oxygen atoms in total. The minimum Gasteiger partial charge on any atom is -0.495 e. The summed E-state index contributed by atoms with van der Waals surface area (Å²) in [7, 11) is 1.55. The van der Waals surface area contributed by atoms with Gasteiger partial charge in [-0.05, 0) is 38.1 Å². The zero-order chi connectivity index (χ0) is 20.5. The fraction of sp³-hybridized carbons (Fsp3) is 0.273. The maximum atomic E-state index is 11.8. The van der Waals surface area contributed by atoms with Crippen LogP contribution in [0.25, 0.3) is 21.9 Å². The van der Waals surface area contributed by atoms with Crippen molar-refractivity contribution in [2.75, 3.05) is 13.7 Å². The molecule has 0 spiro atoms. The normalized spacial score (nSPS) is 16.9. The van der Waals surface area contributed by atoms with Crippen LogP contribution in [-0.4, -0.2) is 25.8 Å². The Morgan fingerprint density at radius 2 is 1.93 bits per heavy atom. The molecule has 0 N–H and O–H groups in total. The van der Waals surface area contributed by atoms with E-state index in [2.05, 4.69) is 0 Å². The molecule has 0 bridgehead atoms. The number of carbonyl (C=O) groups is 1. The lowest BCUT2D eigenvalue weighted by atomic mass is 10.1. The lowest BCUT2D eigenvalue weighted by molar-refractivity contribution is -0.139. The largest absolute Gasteiger partial charge is 0.495 e. The number of ether oxygens (including phenoxy) is 3. The summed E-state index contributed by atoms with van der Waals surface area (Å²) in [6, 6.07) is 4.75. The molecule has 0 unspecified atom stereocenters. The Morgan fingerprint density at radius 1 is 1.14 bits per heavy atom. The lowest BCUT2D eigenvalue weighted by Gasteiger charge is -2.12. The summed E-state index contributed by atoms with van der Waals surface area (Å²) in [5, 5.41) is 1.35. The fourth-order valence-corrected chi connectivity index (χ4v) is 3.41. The highest BCUT2D eigenvalue weighted by Crippen LogP contribution is 2.42. The van der Waals surface area contributed by atoms with Crippen LogP contribution in [0.15, 0.2) is 61.4 Å². The third-order valence-corrected chi connectivity index (χ3v) is 4.80. The van der Waals surface area contributed by atoms with Crippen molar-refractivity contribution in [3.05, 3.63) is 58.2 Å². The van der Waals surface area contributed by atoms with Gasteiger partial charge in [-0.15, -0.1) is 0 Å². The molecule has 29 heavy (non-hydrogen) atoms. The molecular weight excluding hydrogens is 376 g/mol. The predicted octanol–water partition coefficient (Wildman–Crippen LogP) is 4.13. The van der Waals surface area contributed by atoms with Crippen LogP contribution >= 0.6 is 0 Å². The van der Waals surface area contributed by atoms with Crippen molar-refractivity contribution >= 4 is 27.9 Å². The fourth-order valence-electron chi connectivity index (χ4n) is 3.41. The van der Waals surface area contributed by atoms with E-state index in [1.165, 1.54) is 12.3 Å². The monoisotopic (exact) mass is 396 g/mol. The molecule has 0 saturated carbocycles. The molecule has 7 heteroatoms. The summed E-state index contributed by atoms with van der Waals surface area (Å²) in [4.78, 5) is 23.3. The molecule has 1 aromatic carbocycles. The second-order valence-corrected chi connectivity index (χ2v) is 6.88. The van der Waals surface area contributed by atoms with Gasteiger partial charge in [0.15, 0.2) is 11.2 Å². The second kappa shape index (κ2) is 7.50. The molecule has 0 saturated heterocycles. The minimum atomic E-state index is -0.493. The third kappa shape index (κ3) is 3.51. The number of rotatable bonds is 6. The van der Waals surface area contributed by atoms with Crippen LogP contribution in [0.5, 0.6) is 11.5 Å². The summed E-state index contributed by atoms with van der Waals surface area (Å²) >= 11 is 0. The molecular formula is C22H20O7. The molecule has 1 atom stereocenters. The summed E-state index contributed by atoms with van der Waals surface area (Å²) in [5.74, 6) is 0.612. The number of fused-ring (bicyclic) bond motifs is 2. The van der Waals surface area contributed by atoms with Gasteiger partial charge in [0.05, 0.1) is 24.1 Å². The molecule has 150 valence electrons. The molecule has 0 amide bonds. The number of hydrogen-bond donors (Lipinski definition) is 0. The van der Waals surface area contributed by atoms with Gasteiger partial charge in [0.25, 0.3) is 0 Å². The topological polar surface area (TPSA) is 88.1 Å². The Hall–Kier alpha value is -3.48. The summed E-state index contributed by atoms with van der Waals surface area (Å²) in [6.45, 7) is 3.90. The highest BCUT2D eigenvalue weighted by Gasteiger charge is 2.23. The summed E-state index contributed by atoms with van der Waals surface area (Å²) in [6.07, 6.45) is 5.57. The lowest BCUT2D eigenvalue weighted by Crippen LogP contribution is -2.08. The predicted molar refractivity (Wildman–Crippen MR) is 106 cm³/mol. The number of hydrogen-bond acceptors (Lipinski definition) is 7. The van der Waals surface area contributed by atoms with Gasteiger partial charge in [0, 0.05) is 18.1 Å². The molecule has 1 aliphatic heterocycles. The molecule has 3 aromatic rings. The van der Waals surface area contributed by atoms with E-state index in [-0.39, 0.29) is 24.3 Å². The van der Waals surface area contributed by atoms with Crippen molar-refractivity contribution in [3.63, 3.8) is 0 Å². The molecule has 0 aliphatic carbocycles. The summed E-state index contributed by atoms with van der Waals surface area (Å²) in [5.41, 5.74) is 1.85. The maximum Gasteiger partial charge on any atom is 0.336 e. The van der Waals surface area contributed by atoms with Gasteiger partial charge in [-0.25, -0.2) is 9.59 Å². The zero-order valence-corrected chi connectivity index (χ0v) is 16.3. The van der Waals surface area contributed by atoms with Gasteiger partial charge in [0.2, 0.25) is 5.75 Å². The Kier molecular flexibility index (Phi) is 4.88. The van der Waals surface area contributed by atoms with Crippen LogP contribution in [0.3, 0.4) is 0 Å². The molecule has 4 rings (SSSR count). The first-order valence-corrected chi connectivity index (χ1v) is 9.16.